The molecule has 168 valence electrons. The molecule has 2 aromatic heterocycles. The van der Waals surface area contributed by atoms with Gasteiger partial charge in [-0.15, -0.1) is 17.8 Å². The molecule has 0 aliphatic carbocycles. The van der Waals surface area contributed by atoms with Gasteiger partial charge in [0.2, 0.25) is 0 Å². The summed E-state index contributed by atoms with van der Waals surface area (Å²) in [6.45, 7) is 2.86. The van der Waals surface area contributed by atoms with E-state index in [0.717, 1.165) is 22.6 Å². The molecule has 1 saturated heterocycles. The molecule has 4 rings (SSSR count). The third kappa shape index (κ3) is 4.98. The summed E-state index contributed by atoms with van der Waals surface area (Å²) >= 11 is 1.16. The van der Waals surface area contributed by atoms with Gasteiger partial charge in [0.25, 0.3) is 17.7 Å². The molecule has 1 unspecified atom stereocenters. The van der Waals surface area contributed by atoms with Crippen molar-refractivity contribution in [1.29, 1.82) is 0 Å². The molecule has 3 amide bonds. The second kappa shape index (κ2) is 9.73. The minimum absolute atomic E-state index is 0.0511. The van der Waals surface area contributed by atoms with Gasteiger partial charge in [-0.3, -0.25) is 14.4 Å². The van der Waals surface area contributed by atoms with Gasteiger partial charge in [-0.2, -0.15) is 0 Å². The van der Waals surface area contributed by atoms with Crippen molar-refractivity contribution in [2.45, 2.75) is 13.0 Å². The van der Waals surface area contributed by atoms with Crippen LogP contribution in [0.25, 0.3) is 0 Å². The molecule has 0 spiro atoms. The Hall–Kier alpha value is -3.87. The fourth-order valence-corrected chi connectivity index (χ4v) is 4.20. The highest BCUT2D eigenvalue weighted by Gasteiger charge is 2.27. The fraction of sp³-hybridized carbons (Fsp3) is 0.208. The van der Waals surface area contributed by atoms with Crippen LogP contribution < -0.4 is 15.5 Å². The average molecular weight is 464 g/mol. The summed E-state index contributed by atoms with van der Waals surface area (Å²) in [4.78, 5) is 40.6. The zero-order valence-electron chi connectivity index (χ0n) is 17.8. The molecule has 1 aromatic carbocycles. The number of aryl methyl sites for hydroxylation is 1. The van der Waals surface area contributed by atoms with E-state index in [1.54, 1.807) is 47.4 Å². The largest absolute Gasteiger partial charge is 0.467 e. The monoisotopic (exact) mass is 463 g/mol. The Kier molecular flexibility index (Phi) is 6.58. The molecule has 1 aliphatic rings. The first kappa shape index (κ1) is 22.3. The van der Waals surface area contributed by atoms with Gasteiger partial charge < -0.3 is 24.7 Å². The Morgan fingerprint density at radius 3 is 2.76 bits per heavy atom. The van der Waals surface area contributed by atoms with E-state index in [0.29, 0.717) is 34.4 Å². The van der Waals surface area contributed by atoms with E-state index in [-0.39, 0.29) is 12.5 Å². The molecule has 0 radical (unpaired) electrons. The summed E-state index contributed by atoms with van der Waals surface area (Å²) in [5.74, 6) is 1.76. The molecule has 2 N–H and O–H groups in total. The van der Waals surface area contributed by atoms with Crippen LogP contribution >= 0.6 is 11.3 Å². The van der Waals surface area contributed by atoms with Crippen molar-refractivity contribution in [3.05, 3.63) is 69.8 Å². The number of rotatable bonds is 6. The van der Waals surface area contributed by atoms with Gasteiger partial charge in [-0.1, -0.05) is 5.92 Å². The lowest BCUT2D eigenvalue weighted by molar-refractivity contribution is -0.125. The average Bonchev–Trinajstić information content (AvgIpc) is 3.50. The second-order valence-corrected chi connectivity index (χ2v) is 8.40. The van der Waals surface area contributed by atoms with Crippen molar-refractivity contribution >= 4 is 40.4 Å². The van der Waals surface area contributed by atoms with Crippen molar-refractivity contribution < 1.29 is 23.5 Å². The number of hydrogen-bond acceptors (Lipinski definition) is 6. The molecule has 3 aromatic rings. The van der Waals surface area contributed by atoms with Crippen LogP contribution in [0, 0.1) is 19.3 Å². The van der Waals surface area contributed by atoms with E-state index >= 15 is 0 Å². The summed E-state index contributed by atoms with van der Waals surface area (Å²) in [6.07, 6.45) is 6.81. The van der Waals surface area contributed by atoms with Gasteiger partial charge in [0.1, 0.15) is 12.4 Å². The van der Waals surface area contributed by atoms with E-state index in [1.807, 2.05) is 6.92 Å². The summed E-state index contributed by atoms with van der Waals surface area (Å²) in [5, 5.41) is 5.52. The Labute approximate surface area is 194 Å². The minimum Gasteiger partial charge on any atom is -0.467 e. The highest BCUT2D eigenvalue weighted by molar-refractivity contribution is 7.14. The van der Waals surface area contributed by atoms with Gasteiger partial charge in [0.05, 0.1) is 22.6 Å². The molecule has 3 heterocycles. The van der Waals surface area contributed by atoms with Crippen LogP contribution in [0.4, 0.5) is 11.4 Å². The van der Waals surface area contributed by atoms with Gasteiger partial charge >= 0.3 is 0 Å². The Bertz CT molecular complexity index is 1230. The number of hydrogen-bond donors (Lipinski definition) is 2. The quantitative estimate of drug-likeness (QED) is 0.547. The molecule has 1 atom stereocenters. The molecule has 33 heavy (non-hydrogen) atoms. The maximum atomic E-state index is 13.1. The maximum Gasteiger partial charge on any atom is 0.262 e. The number of anilines is 2. The highest BCUT2D eigenvalue weighted by Crippen LogP contribution is 2.26. The summed E-state index contributed by atoms with van der Waals surface area (Å²) in [5.41, 5.74) is 2.11. The van der Waals surface area contributed by atoms with E-state index < -0.39 is 17.9 Å². The number of carbonyl (C=O) groups excluding carboxylic acids is 3. The molecule has 1 fully saturated rings. The number of ether oxygens (including phenoxy) is 1. The lowest BCUT2D eigenvalue weighted by Crippen LogP contribution is -2.42. The Balaban J connectivity index is 1.51. The molecule has 0 saturated carbocycles. The summed E-state index contributed by atoms with van der Waals surface area (Å²) in [6, 6.07) is 10.8. The normalized spacial score (nSPS) is 14.4. The summed E-state index contributed by atoms with van der Waals surface area (Å²) in [7, 11) is 0. The third-order valence-electron chi connectivity index (χ3n) is 5.08. The number of terminal acetylenes is 1. The predicted molar refractivity (Wildman–Crippen MR) is 124 cm³/mol. The molecule has 1 aliphatic heterocycles. The van der Waals surface area contributed by atoms with Crippen LogP contribution in [0.3, 0.4) is 0 Å². The van der Waals surface area contributed by atoms with Crippen LogP contribution in [0.5, 0.6) is 0 Å². The molecular weight excluding hydrogens is 442 g/mol. The highest BCUT2D eigenvalue weighted by atomic mass is 32.1. The number of amides is 3. The summed E-state index contributed by atoms with van der Waals surface area (Å²) < 4.78 is 10.6. The molecule has 9 heteroatoms. The number of nitrogens with one attached hydrogen (secondary N) is 2. The topological polar surface area (TPSA) is 101 Å². The van der Waals surface area contributed by atoms with Crippen LogP contribution in [0.1, 0.15) is 31.9 Å². The number of carbonyl (C=O) groups is 3. The number of benzene rings is 1. The number of thiophene rings is 1. The van der Waals surface area contributed by atoms with Gasteiger partial charge in [0.15, 0.2) is 6.04 Å². The maximum absolute atomic E-state index is 13.1. The van der Waals surface area contributed by atoms with Crippen molar-refractivity contribution in [3.63, 3.8) is 0 Å². The second-order valence-electron chi connectivity index (χ2n) is 7.32. The third-order valence-corrected chi connectivity index (χ3v) is 6.09. The van der Waals surface area contributed by atoms with Crippen LogP contribution in [-0.4, -0.2) is 37.5 Å². The van der Waals surface area contributed by atoms with Crippen molar-refractivity contribution in [1.82, 2.24) is 5.32 Å². The zero-order valence-corrected chi connectivity index (χ0v) is 18.6. The van der Waals surface area contributed by atoms with E-state index in [1.165, 1.54) is 6.26 Å². The minimum atomic E-state index is -1.05. The predicted octanol–water partition coefficient (Wildman–Crippen LogP) is 3.10. The van der Waals surface area contributed by atoms with Crippen molar-refractivity contribution in [2.75, 3.05) is 30.0 Å². The van der Waals surface area contributed by atoms with E-state index in [4.69, 9.17) is 15.6 Å². The number of morpholine rings is 1. The first-order valence-electron chi connectivity index (χ1n) is 10.2. The van der Waals surface area contributed by atoms with E-state index in [2.05, 4.69) is 16.6 Å². The lowest BCUT2D eigenvalue weighted by atomic mass is 10.1. The smallest absolute Gasteiger partial charge is 0.262 e. The van der Waals surface area contributed by atoms with Gasteiger partial charge in [0, 0.05) is 17.9 Å². The van der Waals surface area contributed by atoms with Crippen LogP contribution in [0.15, 0.2) is 53.1 Å². The molecule has 0 bridgehead atoms. The Morgan fingerprint density at radius 2 is 2.09 bits per heavy atom. The van der Waals surface area contributed by atoms with Gasteiger partial charge in [-0.05, 0) is 55.0 Å². The van der Waals surface area contributed by atoms with Crippen molar-refractivity contribution in [2.24, 2.45) is 0 Å². The first-order chi connectivity index (χ1) is 16.0. The van der Waals surface area contributed by atoms with E-state index in [9.17, 15) is 14.4 Å². The first-order valence-corrected chi connectivity index (χ1v) is 11.0. The number of nitrogens with zero attached hydrogens (tertiary/aromatic N) is 1. The standard InChI is InChI=1S/C24H21N3O5S/c1-3-17-7-9-20(33-17)23(29)26-22(19-5-4-11-32-19)24(30)25-16-6-8-18(15(2)13-16)27-10-12-31-14-21(27)28/h1,4-9,11,13,22H,10,12,14H2,2H3,(H,25,30)(H,26,29). The van der Waals surface area contributed by atoms with Crippen LogP contribution in [-0.2, 0) is 14.3 Å². The SMILES string of the molecule is C#Cc1ccc(C(=O)NC(C(=O)Nc2ccc(N3CCOCC3=O)c(C)c2)c2ccco2)s1. The zero-order chi connectivity index (χ0) is 23.4. The lowest BCUT2D eigenvalue weighted by Gasteiger charge is -2.28. The number of furan rings is 1. The van der Waals surface area contributed by atoms with Crippen molar-refractivity contribution in [3.8, 4) is 12.3 Å². The van der Waals surface area contributed by atoms with Crippen LogP contribution in [0.2, 0.25) is 0 Å². The Morgan fingerprint density at radius 1 is 1.24 bits per heavy atom. The fourth-order valence-electron chi connectivity index (χ4n) is 3.48. The van der Waals surface area contributed by atoms with Gasteiger partial charge in [-0.25, -0.2) is 0 Å². The molecule has 8 nitrogen and oxygen atoms in total. The molecular formula is C24H21N3O5S.